The molecule has 2 N–H and O–H groups in total. The number of aryl methyl sites for hydroxylation is 3. The Balaban J connectivity index is 2.11. The first-order valence-corrected chi connectivity index (χ1v) is 8.13. The maximum absolute atomic E-state index is 6.34. The van der Waals surface area contributed by atoms with E-state index in [9.17, 15) is 0 Å². The molecule has 3 heteroatoms. The lowest BCUT2D eigenvalue weighted by Gasteiger charge is -2.08. The smallest absolute Gasteiger partial charge is 0.126 e. The van der Waals surface area contributed by atoms with Crippen molar-refractivity contribution in [2.24, 2.45) is 0 Å². The molecule has 21 heavy (non-hydrogen) atoms. The van der Waals surface area contributed by atoms with Crippen molar-refractivity contribution in [3.63, 3.8) is 0 Å². The SMILES string of the molecule is CCCCn1c(CCC)nc(CCc2ccccc2)c1N. The second-order valence-corrected chi connectivity index (χ2v) is 5.60. The van der Waals surface area contributed by atoms with Crippen LogP contribution in [0.5, 0.6) is 0 Å². The molecule has 3 nitrogen and oxygen atoms in total. The third-order valence-corrected chi connectivity index (χ3v) is 3.86. The summed E-state index contributed by atoms with van der Waals surface area (Å²) in [4.78, 5) is 4.81. The van der Waals surface area contributed by atoms with Crippen LogP contribution in [0, 0.1) is 0 Å². The molecule has 0 atom stereocenters. The number of nitrogens with zero attached hydrogens (tertiary/aromatic N) is 2. The first-order chi connectivity index (χ1) is 10.3. The van der Waals surface area contributed by atoms with Crippen LogP contribution in [0.2, 0.25) is 0 Å². The lowest BCUT2D eigenvalue weighted by atomic mass is 10.1. The van der Waals surface area contributed by atoms with E-state index in [0.717, 1.165) is 56.0 Å². The third-order valence-electron chi connectivity index (χ3n) is 3.86. The number of imidazole rings is 1. The van der Waals surface area contributed by atoms with Crippen LogP contribution >= 0.6 is 0 Å². The monoisotopic (exact) mass is 285 g/mol. The molecule has 0 amide bonds. The Morgan fingerprint density at radius 3 is 2.43 bits per heavy atom. The van der Waals surface area contributed by atoms with Crippen molar-refractivity contribution in [1.29, 1.82) is 0 Å². The summed E-state index contributed by atoms with van der Waals surface area (Å²) < 4.78 is 2.23. The van der Waals surface area contributed by atoms with E-state index < -0.39 is 0 Å². The van der Waals surface area contributed by atoms with Gasteiger partial charge in [0.1, 0.15) is 11.6 Å². The molecule has 2 aromatic rings. The Kier molecular flexibility index (Phi) is 5.85. The minimum atomic E-state index is 0.878. The van der Waals surface area contributed by atoms with E-state index in [4.69, 9.17) is 10.7 Å². The van der Waals surface area contributed by atoms with E-state index in [0.29, 0.717) is 0 Å². The van der Waals surface area contributed by atoms with Gasteiger partial charge in [-0.05, 0) is 31.2 Å². The number of nitrogens with two attached hydrogens (primary N) is 1. The van der Waals surface area contributed by atoms with Gasteiger partial charge in [-0.15, -0.1) is 0 Å². The summed E-state index contributed by atoms with van der Waals surface area (Å²) in [5.74, 6) is 2.04. The quantitative estimate of drug-likeness (QED) is 0.796. The van der Waals surface area contributed by atoms with Crippen molar-refractivity contribution in [1.82, 2.24) is 9.55 Å². The summed E-state index contributed by atoms with van der Waals surface area (Å²) in [5.41, 5.74) is 8.75. The molecule has 1 heterocycles. The highest BCUT2D eigenvalue weighted by atomic mass is 15.1. The Hall–Kier alpha value is -1.77. The maximum atomic E-state index is 6.34. The van der Waals surface area contributed by atoms with Crippen LogP contribution in [0.1, 0.15) is 50.2 Å². The molecule has 0 bridgehead atoms. The first-order valence-electron chi connectivity index (χ1n) is 8.13. The fraction of sp³-hybridized carbons (Fsp3) is 0.500. The number of hydrogen-bond donors (Lipinski definition) is 1. The number of anilines is 1. The zero-order valence-electron chi connectivity index (χ0n) is 13.3. The molecule has 0 unspecified atom stereocenters. The molecule has 1 aromatic carbocycles. The van der Waals surface area contributed by atoms with Gasteiger partial charge in [-0.2, -0.15) is 0 Å². The molecule has 0 aliphatic rings. The number of nitrogen functional groups attached to an aromatic ring is 1. The van der Waals surface area contributed by atoms with E-state index in [1.54, 1.807) is 0 Å². The predicted molar refractivity (Wildman–Crippen MR) is 89.4 cm³/mol. The van der Waals surface area contributed by atoms with Crippen molar-refractivity contribution in [2.45, 2.75) is 58.9 Å². The molecule has 1 aromatic heterocycles. The second-order valence-electron chi connectivity index (χ2n) is 5.60. The number of aromatic nitrogens is 2. The highest BCUT2D eigenvalue weighted by Crippen LogP contribution is 2.19. The van der Waals surface area contributed by atoms with Crippen LogP contribution in [0.3, 0.4) is 0 Å². The van der Waals surface area contributed by atoms with Gasteiger partial charge < -0.3 is 10.3 Å². The Morgan fingerprint density at radius 1 is 1.00 bits per heavy atom. The number of rotatable bonds is 8. The molecular formula is C18H27N3. The molecule has 0 aliphatic heterocycles. The highest BCUT2D eigenvalue weighted by Gasteiger charge is 2.13. The van der Waals surface area contributed by atoms with Crippen LogP contribution < -0.4 is 5.73 Å². The van der Waals surface area contributed by atoms with Gasteiger partial charge in [0.25, 0.3) is 0 Å². The molecule has 2 rings (SSSR count). The fourth-order valence-electron chi connectivity index (χ4n) is 2.64. The molecule has 0 saturated carbocycles. The second kappa shape index (κ2) is 7.87. The zero-order chi connectivity index (χ0) is 15.1. The van der Waals surface area contributed by atoms with E-state index in [1.807, 2.05) is 0 Å². The summed E-state index contributed by atoms with van der Waals surface area (Å²) in [7, 11) is 0. The Bertz CT molecular complexity index is 543. The number of unbranched alkanes of at least 4 members (excludes halogenated alkanes) is 1. The zero-order valence-corrected chi connectivity index (χ0v) is 13.3. The van der Waals surface area contributed by atoms with Crippen molar-refractivity contribution in [3.8, 4) is 0 Å². The van der Waals surface area contributed by atoms with Gasteiger partial charge >= 0.3 is 0 Å². The lowest BCUT2D eigenvalue weighted by Crippen LogP contribution is -2.07. The van der Waals surface area contributed by atoms with Crippen molar-refractivity contribution in [3.05, 3.63) is 47.4 Å². The topological polar surface area (TPSA) is 43.8 Å². The van der Waals surface area contributed by atoms with Gasteiger partial charge in [-0.1, -0.05) is 50.6 Å². The molecular weight excluding hydrogens is 258 g/mol. The highest BCUT2D eigenvalue weighted by molar-refractivity contribution is 5.39. The molecule has 0 aliphatic carbocycles. The molecule has 0 saturated heterocycles. The fourth-order valence-corrected chi connectivity index (χ4v) is 2.64. The van der Waals surface area contributed by atoms with Gasteiger partial charge in [-0.3, -0.25) is 0 Å². The van der Waals surface area contributed by atoms with E-state index in [2.05, 4.69) is 48.7 Å². The third kappa shape index (κ3) is 4.10. The van der Waals surface area contributed by atoms with Crippen LogP contribution in [0.25, 0.3) is 0 Å². The van der Waals surface area contributed by atoms with Crippen LogP contribution in [0.15, 0.2) is 30.3 Å². The van der Waals surface area contributed by atoms with Gasteiger partial charge in [0.15, 0.2) is 0 Å². The Labute approximate surface area is 128 Å². The summed E-state index contributed by atoms with van der Waals surface area (Å²) >= 11 is 0. The first kappa shape index (κ1) is 15.6. The lowest BCUT2D eigenvalue weighted by molar-refractivity contribution is 0.604. The molecule has 0 fully saturated rings. The van der Waals surface area contributed by atoms with Crippen LogP contribution in [-0.2, 0) is 25.8 Å². The van der Waals surface area contributed by atoms with E-state index >= 15 is 0 Å². The molecule has 0 spiro atoms. The molecule has 114 valence electrons. The van der Waals surface area contributed by atoms with Crippen molar-refractivity contribution in [2.75, 3.05) is 5.73 Å². The number of benzene rings is 1. The van der Waals surface area contributed by atoms with Gasteiger partial charge in [0.05, 0.1) is 5.69 Å². The standard InChI is InChI=1S/C18H27N3/c1-3-5-14-21-17(9-4-2)20-16(18(21)19)13-12-15-10-7-6-8-11-15/h6-8,10-11H,3-5,9,12-14,19H2,1-2H3. The van der Waals surface area contributed by atoms with Gasteiger partial charge in [0.2, 0.25) is 0 Å². The molecule has 0 radical (unpaired) electrons. The average molecular weight is 285 g/mol. The minimum absolute atomic E-state index is 0.878. The van der Waals surface area contributed by atoms with Crippen molar-refractivity contribution >= 4 is 5.82 Å². The van der Waals surface area contributed by atoms with Gasteiger partial charge in [0, 0.05) is 13.0 Å². The average Bonchev–Trinajstić information content (AvgIpc) is 2.80. The Morgan fingerprint density at radius 2 is 1.76 bits per heavy atom. The van der Waals surface area contributed by atoms with E-state index in [1.165, 1.54) is 12.0 Å². The van der Waals surface area contributed by atoms with Crippen LogP contribution in [-0.4, -0.2) is 9.55 Å². The maximum Gasteiger partial charge on any atom is 0.126 e. The summed E-state index contributed by atoms with van der Waals surface area (Å²) in [6.07, 6.45) is 6.39. The minimum Gasteiger partial charge on any atom is -0.384 e. The summed E-state index contributed by atoms with van der Waals surface area (Å²) in [6.45, 7) is 5.40. The predicted octanol–water partition coefficient (Wildman–Crippen LogP) is 4.00. The summed E-state index contributed by atoms with van der Waals surface area (Å²) in [6, 6.07) is 10.5. The van der Waals surface area contributed by atoms with E-state index in [-0.39, 0.29) is 0 Å². The normalized spacial score (nSPS) is 11.0. The summed E-state index contributed by atoms with van der Waals surface area (Å²) in [5, 5.41) is 0. The largest absolute Gasteiger partial charge is 0.384 e. The van der Waals surface area contributed by atoms with Crippen LogP contribution in [0.4, 0.5) is 5.82 Å². The van der Waals surface area contributed by atoms with Gasteiger partial charge in [-0.25, -0.2) is 4.98 Å². The number of hydrogen-bond acceptors (Lipinski definition) is 2. The van der Waals surface area contributed by atoms with Crippen molar-refractivity contribution < 1.29 is 0 Å².